The standard InChI is InChI=1S/C29H30ClN3O4/c1-32(2)11-6-5-8-17-14-22-20(16-24(17)35)25-23(33(22)12-7-13-34)15-19(18-9-3-4-10-21(18)30)26-27(25)29(37)31-28(26)36/h3-4,9-10,14-16,34-35H,5-8,11-13H2,1-2H3,(H,31,36,37). The van der Waals surface area contributed by atoms with Gasteiger partial charge in [-0.3, -0.25) is 14.9 Å². The van der Waals surface area contributed by atoms with Gasteiger partial charge < -0.3 is 19.7 Å². The van der Waals surface area contributed by atoms with Gasteiger partial charge in [-0.05, 0) is 81.7 Å². The lowest BCUT2D eigenvalue weighted by Crippen LogP contribution is -2.20. The van der Waals surface area contributed by atoms with Crippen molar-refractivity contribution in [3.05, 3.63) is 64.2 Å². The van der Waals surface area contributed by atoms with Crippen molar-refractivity contribution in [1.82, 2.24) is 14.8 Å². The van der Waals surface area contributed by atoms with Crippen molar-refractivity contribution < 1.29 is 19.8 Å². The number of carbonyl (C=O) groups is 2. The third kappa shape index (κ3) is 4.48. The maximum absolute atomic E-state index is 13.1. The van der Waals surface area contributed by atoms with Gasteiger partial charge in [0.1, 0.15) is 5.75 Å². The van der Waals surface area contributed by atoms with Crippen LogP contribution < -0.4 is 5.32 Å². The number of halogens is 1. The van der Waals surface area contributed by atoms with Crippen LogP contribution in [-0.4, -0.2) is 58.7 Å². The first-order chi connectivity index (χ1) is 17.8. The Bertz CT molecular complexity index is 1540. The van der Waals surface area contributed by atoms with E-state index in [2.05, 4.69) is 14.8 Å². The van der Waals surface area contributed by atoms with Crippen molar-refractivity contribution in [3.8, 4) is 16.9 Å². The van der Waals surface area contributed by atoms with E-state index in [9.17, 15) is 19.8 Å². The smallest absolute Gasteiger partial charge is 0.259 e. The van der Waals surface area contributed by atoms with E-state index in [0.29, 0.717) is 51.0 Å². The molecule has 0 saturated carbocycles. The average molecular weight is 520 g/mol. The van der Waals surface area contributed by atoms with Crippen molar-refractivity contribution in [3.63, 3.8) is 0 Å². The zero-order valence-corrected chi connectivity index (χ0v) is 21.7. The van der Waals surface area contributed by atoms with E-state index in [1.54, 1.807) is 12.1 Å². The predicted octanol–water partition coefficient (Wildman–Crippen LogP) is 4.97. The molecule has 4 aromatic rings. The number of imide groups is 1. The van der Waals surface area contributed by atoms with Crippen LogP contribution in [0, 0.1) is 0 Å². The summed E-state index contributed by atoms with van der Waals surface area (Å²) in [5.41, 5.74) is 4.28. The highest BCUT2D eigenvalue weighted by Crippen LogP contribution is 2.43. The van der Waals surface area contributed by atoms with Gasteiger partial charge in [-0.15, -0.1) is 0 Å². The van der Waals surface area contributed by atoms with Crippen LogP contribution in [0.1, 0.15) is 45.5 Å². The molecule has 3 N–H and O–H groups in total. The number of carbonyl (C=O) groups excluding carboxylic acids is 2. The molecule has 37 heavy (non-hydrogen) atoms. The fourth-order valence-electron chi connectivity index (χ4n) is 5.32. The lowest BCUT2D eigenvalue weighted by molar-refractivity contribution is 0.0880. The molecule has 0 fully saturated rings. The summed E-state index contributed by atoms with van der Waals surface area (Å²) in [6.07, 6.45) is 3.17. The summed E-state index contributed by atoms with van der Waals surface area (Å²) >= 11 is 6.53. The minimum absolute atomic E-state index is 0.0118. The molecule has 8 heteroatoms. The molecule has 0 spiro atoms. The third-order valence-corrected chi connectivity index (χ3v) is 7.37. The zero-order valence-electron chi connectivity index (χ0n) is 21.0. The number of rotatable bonds is 9. The number of benzene rings is 3. The number of hydrogen-bond acceptors (Lipinski definition) is 5. The fourth-order valence-corrected chi connectivity index (χ4v) is 5.56. The van der Waals surface area contributed by atoms with Gasteiger partial charge in [0.2, 0.25) is 0 Å². The van der Waals surface area contributed by atoms with Gasteiger partial charge in [0.25, 0.3) is 11.8 Å². The normalized spacial score (nSPS) is 13.2. The number of phenols is 1. The monoisotopic (exact) mass is 519 g/mol. The molecule has 3 aromatic carbocycles. The molecule has 0 bridgehead atoms. The molecular formula is C29H30ClN3O4. The lowest BCUT2D eigenvalue weighted by Gasteiger charge is -2.12. The number of aliphatic hydroxyl groups is 1. The van der Waals surface area contributed by atoms with Crippen molar-refractivity contribution in [2.75, 3.05) is 27.2 Å². The van der Waals surface area contributed by atoms with Gasteiger partial charge in [0.05, 0.1) is 16.6 Å². The van der Waals surface area contributed by atoms with Gasteiger partial charge in [0.15, 0.2) is 0 Å². The van der Waals surface area contributed by atoms with E-state index in [1.165, 1.54) is 0 Å². The Balaban J connectivity index is 1.78. The Morgan fingerprint density at radius 1 is 0.946 bits per heavy atom. The lowest BCUT2D eigenvalue weighted by atomic mass is 9.92. The highest BCUT2D eigenvalue weighted by atomic mass is 35.5. The Hall–Kier alpha value is -3.39. The zero-order chi connectivity index (χ0) is 26.3. The van der Waals surface area contributed by atoms with Crippen LogP contribution in [-0.2, 0) is 13.0 Å². The molecule has 1 aliphatic rings. The van der Waals surface area contributed by atoms with E-state index in [1.807, 2.05) is 44.4 Å². The molecule has 0 atom stereocenters. The van der Waals surface area contributed by atoms with Crippen molar-refractivity contribution in [2.24, 2.45) is 0 Å². The van der Waals surface area contributed by atoms with E-state index in [0.717, 1.165) is 42.4 Å². The predicted molar refractivity (Wildman–Crippen MR) is 147 cm³/mol. The molecule has 192 valence electrons. The van der Waals surface area contributed by atoms with Crippen LogP contribution in [0.4, 0.5) is 0 Å². The molecule has 0 unspecified atom stereocenters. The molecule has 2 heterocycles. The second-order valence-corrected chi connectivity index (χ2v) is 10.2. The highest BCUT2D eigenvalue weighted by molar-refractivity contribution is 6.36. The summed E-state index contributed by atoms with van der Waals surface area (Å²) in [4.78, 5) is 28.3. The quantitative estimate of drug-likeness (QED) is 0.214. The molecule has 0 saturated heterocycles. The highest BCUT2D eigenvalue weighted by Gasteiger charge is 2.35. The van der Waals surface area contributed by atoms with Crippen LogP contribution in [0.3, 0.4) is 0 Å². The van der Waals surface area contributed by atoms with Crippen LogP contribution in [0.25, 0.3) is 32.9 Å². The summed E-state index contributed by atoms with van der Waals surface area (Å²) in [5.74, 6) is -0.755. The number of aliphatic hydroxyl groups excluding tert-OH is 1. The van der Waals surface area contributed by atoms with Gasteiger partial charge in [-0.25, -0.2) is 0 Å². The maximum Gasteiger partial charge on any atom is 0.259 e. The number of hydrogen-bond donors (Lipinski definition) is 3. The molecule has 2 amide bonds. The van der Waals surface area contributed by atoms with Crippen LogP contribution >= 0.6 is 11.6 Å². The first-order valence-corrected chi connectivity index (χ1v) is 12.9. The van der Waals surface area contributed by atoms with Gasteiger partial charge in [-0.1, -0.05) is 29.8 Å². The van der Waals surface area contributed by atoms with Crippen molar-refractivity contribution >= 4 is 45.2 Å². The SMILES string of the molecule is CN(C)CCCCc1cc2c(cc1O)c1c3c(c(-c4ccccc4Cl)cc1n2CCCO)C(=O)NC3=O. The third-order valence-electron chi connectivity index (χ3n) is 7.04. The molecule has 1 aliphatic heterocycles. The number of aromatic nitrogens is 1. The van der Waals surface area contributed by atoms with Gasteiger partial charge in [0, 0.05) is 40.0 Å². The number of nitrogens with zero attached hydrogens (tertiary/aromatic N) is 2. The Labute approximate surface area is 220 Å². The molecule has 0 radical (unpaired) electrons. The van der Waals surface area contributed by atoms with Gasteiger partial charge in [-0.2, -0.15) is 0 Å². The van der Waals surface area contributed by atoms with Crippen LogP contribution in [0.15, 0.2) is 42.5 Å². The maximum atomic E-state index is 13.1. The topological polar surface area (TPSA) is 94.8 Å². The summed E-state index contributed by atoms with van der Waals surface area (Å²) in [5, 5.41) is 24.8. The summed E-state index contributed by atoms with van der Waals surface area (Å²) in [6.45, 7) is 1.50. The number of amides is 2. The minimum atomic E-state index is -0.465. The van der Waals surface area contributed by atoms with Gasteiger partial charge >= 0.3 is 0 Å². The summed E-state index contributed by atoms with van der Waals surface area (Å²) in [7, 11) is 4.08. The summed E-state index contributed by atoms with van der Waals surface area (Å²) in [6, 6.07) is 12.8. The van der Waals surface area contributed by atoms with Crippen molar-refractivity contribution in [2.45, 2.75) is 32.2 Å². The fraction of sp³-hybridized carbons (Fsp3) is 0.310. The first-order valence-electron chi connectivity index (χ1n) is 12.5. The second kappa shape index (κ2) is 10.2. The summed E-state index contributed by atoms with van der Waals surface area (Å²) < 4.78 is 2.07. The largest absolute Gasteiger partial charge is 0.508 e. The van der Waals surface area contributed by atoms with E-state index < -0.39 is 11.8 Å². The molecular weight excluding hydrogens is 490 g/mol. The number of phenolic OH excluding ortho intramolecular Hbond substituents is 1. The number of nitrogens with one attached hydrogen (secondary N) is 1. The second-order valence-electron chi connectivity index (χ2n) is 9.82. The van der Waals surface area contributed by atoms with Crippen molar-refractivity contribution in [1.29, 1.82) is 0 Å². The minimum Gasteiger partial charge on any atom is -0.508 e. The number of unbranched alkanes of at least 4 members (excludes halogenated alkanes) is 1. The van der Waals surface area contributed by atoms with E-state index in [4.69, 9.17) is 11.6 Å². The van der Waals surface area contributed by atoms with E-state index >= 15 is 0 Å². The molecule has 0 aliphatic carbocycles. The van der Waals surface area contributed by atoms with Crippen LogP contribution in [0.5, 0.6) is 5.75 Å². The Morgan fingerprint density at radius 2 is 1.70 bits per heavy atom. The number of fused-ring (bicyclic) bond motifs is 5. The van der Waals surface area contributed by atoms with Crippen LogP contribution in [0.2, 0.25) is 5.02 Å². The molecule has 5 rings (SSSR count). The molecule has 7 nitrogen and oxygen atoms in total. The van der Waals surface area contributed by atoms with E-state index in [-0.39, 0.29) is 12.4 Å². The first kappa shape index (κ1) is 25.3. The molecule has 1 aromatic heterocycles. The number of aromatic hydroxyl groups is 1. The Morgan fingerprint density at radius 3 is 2.43 bits per heavy atom. The number of aryl methyl sites for hydroxylation is 2. The average Bonchev–Trinajstić information content (AvgIpc) is 3.32. The Kier molecular flexibility index (Phi) is 6.94.